The minimum absolute atomic E-state index is 0.845. The lowest BCUT2D eigenvalue weighted by molar-refractivity contribution is 0.530. The fourth-order valence-electron chi connectivity index (χ4n) is 9.04. The molecule has 0 heterocycles. The van der Waals surface area contributed by atoms with Crippen molar-refractivity contribution in [3.05, 3.63) is 129 Å². The zero-order valence-electron chi connectivity index (χ0n) is 38.2. The molecule has 0 aromatic heterocycles. The van der Waals surface area contributed by atoms with Crippen molar-refractivity contribution >= 4 is 11.4 Å². The molecular weight excluding hydrogens is 713 g/mol. The van der Waals surface area contributed by atoms with Gasteiger partial charge in [0.2, 0.25) is 0 Å². The maximum atomic E-state index is 5.93. The van der Waals surface area contributed by atoms with Crippen molar-refractivity contribution in [1.82, 2.24) is 0 Å². The van der Waals surface area contributed by atoms with Crippen LogP contribution in [0, 0.1) is 0 Å². The normalized spacial score (nSPS) is 11.4. The standard InChI is InChI=1S/C57H86N2/c1-3-5-7-20-26-30-54-46-50(44-48-34-40-56(58)41-35-48)32-38-52(54)28-24-22-18-16-14-12-10-9-11-13-15-17-19-23-25-29-53-39-33-51(45-49-36-42-57(59)43-37-49)47-55(53)31-27-21-8-6-4-2/h32-43,46-47H,3-31,44-45,58-59H2,1-2H3. The molecule has 4 N–H and O–H groups in total. The van der Waals surface area contributed by atoms with Gasteiger partial charge in [0.15, 0.2) is 0 Å². The van der Waals surface area contributed by atoms with Crippen LogP contribution in [-0.4, -0.2) is 0 Å². The summed E-state index contributed by atoms with van der Waals surface area (Å²) in [5.74, 6) is 0. The molecule has 4 aromatic rings. The summed E-state index contributed by atoms with van der Waals surface area (Å²) < 4.78 is 0. The van der Waals surface area contributed by atoms with Gasteiger partial charge in [-0.3, -0.25) is 0 Å². The molecule has 0 unspecified atom stereocenters. The lowest BCUT2D eigenvalue weighted by atomic mass is 9.93. The van der Waals surface area contributed by atoms with E-state index >= 15 is 0 Å². The van der Waals surface area contributed by atoms with Crippen LogP contribution in [0.2, 0.25) is 0 Å². The van der Waals surface area contributed by atoms with E-state index in [0.29, 0.717) is 0 Å². The molecule has 0 atom stereocenters. The molecule has 0 spiro atoms. The number of unbranched alkanes of at least 4 members (excludes halogenated alkanes) is 22. The Hall–Kier alpha value is -3.52. The Balaban J connectivity index is 1.02. The Morgan fingerprint density at radius 3 is 0.831 bits per heavy atom. The SMILES string of the molecule is CCCCCCCc1cc(Cc2ccc(N)cc2)ccc1CCCCCCCCCCCCCCCCCc1ccc(Cc2ccc(N)cc2)cc1CCCCCCC. The van der Waals surface area contributed by atoms with E-state index in [1.54, 1.807) is 22.3 Å². The summed E-state index contributed by atoms with van der Waals surface area (Å²) in [5, 5.41) is 0. The van der Waals surface area contributed by atoms with Crippen molar-refractivity contribution in [2.24, 2.45) is 0 Å². The molecular formula is C57H86N2. The molecule has 0 aliphatic rings. The highest BCUT2D eigenvalue weighted by molar-refractivity contribution is 5.43. The van der Waals surface area contributed by atoms with E-state index in [2.05, 4.69) is 74.5 Å². The van der Waals surface area contributed by atoms with Gasteiger partial charge in [0.25, 0.3) is 0 Å². The Morgan fingerprint density at radius 2 is 0.525 bits per heavy atom. The van der Waals surface area contributed by atoms with Crippen molar-refractivity contribution < 1.29 is 0 Å². The topological polar surface area (TPSA) is 52.0 Å². The van der Waals surface area contributed by atoms with Crippen molar-refractivity contribution in [1.29, 1.82) is 0 Å². The smallest absolute Gasteiger partial charge is 0.0314 e. The lowest BCUT2D eigenvalue weighted by Crippen LogP contribution is -1.99. The quantitative estimate of drug-likeness (QED) is 0.0365. The zero-order chi connectivity index (χ0) is 41.6. The molecule has 59 heavy (non-hydrogen) atoms. The first-order valence-corrected chi connectivity index (χ1v) is 24.9. The average Bonchev–Trinajstić information content (AvgIpc) is 3.24. The van der Waals surface area contributed by atoms with Crippen molar-refractivity contribution in [3.63, 3.8) is 0 Å². The highest BCUT2D eigenvalue weighted by Crippen LogP contribution is 2.24. The predicted octanol–water partition coefficient (Wildman–Crippen LogP) is 16.7. The Kier molecular flexibility index (Phi) is 24.9. The summed E-state index contributed by atoms with van der Waals surface area (Å²) in [6.45, 7) is 4.61. The van der Waals surface area contributed by atoms with Gasteiger partial charge >= 0.3 is 0 Å². The second-order valence-electron chi connectivity index (χ2n) is 18.2. The van der Waals surface area contributed by atoms with Gasteiger partial charge in [-0.15, -0.1) is 0 Å². The molecule has 0 aliphatic carbocycles. The molecule has 4 rings (SSSR count). The second-order valence-corrected chi connectivity index (χ2v) is 18.2. The first-order chi connectivity index (χ1) is 29.0. The molecule has 2 heteroatoms. The minimum Gasteiger partial charge on any atom is -0.399 e. The summed E-state index contributed by atoms with van der Waals surface area (Å²) in [5.41, 5.74) is 25.5. The van der Waals surface area contributed by atoms with Crippen LogP contribution in [0.25, 0.3) is 0 Å². The first kappa shape index (κ1) is 48.1. The van der Waals surface area contributed by atoms with Crippen LogP contribution in [0.3, 0.4) is 0 Å². The second kappa shape index (κ2) is 30.5. The molecule has 4 aromatic carbocycles. The maximum Gasteiger partial charge on any atom is 0.0314 e. The molecule has 0 saturated carbocycles. The Bertz CT molecular complexity index is 1510. The number of hydrogen-bond donors (Lipinski definition) is 2. The van der Waals surface area contributed by atoms with E-state index in [-0.39, 0.29) is 0 Å². The number of aryl methyl sites for hydroxylation is 4. The van der Waals surface area contributed by atoms with Gasteiger partial charge in [0, 0.05) is 11.4 Å². The van der Waals surface area contributed by atoms with Crippen LogP contribution in [0.1, 0.15) is 219 Å². The van der Waals surface area contributed by atoms with Crippen LogP contribution in [0.5, 0.6) is 0 Å². The van der Waals surface area contributed by atoms with Crippen molar-refractivity contribution in [3.8, 4) is 0 Å². The fraction of sp³-hybridized carbons (Fsp3) is 0.579. The third-order valence-electron chi connectivity index (χ3n) is 12.8. The third-order valence-corrected chi connectivity index (χ3v) is 12.8. The summed E-state index contributed by atoms with van der Waals surface area (Å²) in [7, 11) is 0. The van der Waals surface area contributed by atoms with Crippen LogP contribution in [0.15, 0.2) is 84.9 Å². The highest BCUT2D eigenvalue weighted by atomic mass is 14.5. The Morgan fingerprint density at radius 1 is 0.271 bits per heavy atom. The molecule has 0 saturated heterocycles. The number of benzene rings is 4. The monoisotopic (exact) mass is 799 g/mol. The molecule has 2 nitrogen and oxygen atoms in total. The third kappa shape index (κ3) is 21.0. The number of hydrogen-bond acceptors (Lipinski definition) is 2. The minimum atomic E-state index is 0.845. The zero-order valence-corrected chi connectivity index (χ0v) is 38.2. The summed E-state index contributed by atoms with van der Waals surface area (Å²) in [6.07, 6.45) is 41.5. The molecule has 0 radical (unpaired) electrons. The van der Waals surface area contributed by atoms with Crippen molar-refractivity contribution in [2.45, 2.75) is 213 Å². The van der Waals surface area contributed by atoms with Gasteiger partial charge in [-0.25, -0.2) is 0 Å². The molecule has 324 valence electrons. The first-order valence-electron chi connectivity index (χ1n) is 24.9. The van der Waals surface area contributed by atoms with Crippen LogP contribution in [-0.2, 0) is 38.5 Å². The highest BCUT2D eigenvalue weighted by Gasteiger charge is 2.08. The van der Waals surface area contributed by atoms with E-state index in [0.717, 1.165) is 24.2 Å². The number of rotatable bonds is 34. The lowest BCUT2D eigenvalue weighted by Gasteiger charge is -2.13. The van der Waals surface area contributed by atoms with Gasteiger partial charge < -0.3 is 11.5 Å². The van der Waals surface area contributed by atoms with E-state index in [4.69, 9.17) is 11.5 Å². The van der Waals surface area contributed by atoms with Crippen molar-refractivity contribution in [2.75, 3.05) is 11.5 Å². The predicted molar refractivity (Wildman–Crippen MR) is 262 cm³/mol. The number of nitrogens with two attached hydrogens (primary N) is 2. The number of anilines is 2. The van der Waals surface area contributed by atoms with E-state index in [1.165, 1.54) is 208 Å². The van der Waals surface area contributed by atoms with Gasteiger partial charge in [0.05, 0.1) is 0 Å². The average molecular weight is 799 g/mol. The van der Waals surface area contributed by atoms with Gasteiger partial charge in [-0.05, 0) is 133 Å². The molecule has 0 bridgehead atoms. The Labute approximate surface area is 363 Å². The number of nitrogen functional groups attached to an aromatic ring is 2. The van der Waals surface area contributed by atoms with Gasteiger partial charge in [-0.1, -0.05) is 209 Å². The summed E-state index contributed by atoms with van der Waals surface area (Å²) in [6, 6.07) is 31.5. The largest absolute Gasteiger partial charge is 0.399 e. The van der Waals surface area contributed by atoms with Crippen LogP contribution >= 0.6 is 0 Å². The molecule has 0 fully saturated rings. The van der Waals surface area contributed by atoms with Gasteiger partial charge in [-0.2, -0.15) is 0 Å². The molecule has 0 aliphatic heterocycles. The summed E-state index contributed by atoms with van der Waals surface area (Å²) in [4.78, 5) is 0. The fourth-order valence-corrected chi connectivity index (χ4v) is 9.04. The van der Waals surface area contributed by atoms with E-state index in [1.807, 2.05) is 24.3 Å². The summed E-state index contributed by atoms with van der Waals surface area (Å²) >= 11 is 0. The van der Waals surface area contributed by atoms with E-state index < -0.39 is 0 Å². The molecule has 0 amide bonds. The van der Waals surface area contributed by atoms with E-state index in [9.17, 15) is 0 Å². The van der Waals surface area contributed by atoms with Gasteiger partial charge in [0.1, 0.15) is 0 Å². The van der Waals surface area contributed by atoms with Crippen LogP contribution < -0.4 is 11.5 Å². The van der Waals surface area contributed by atoms with Crippen LogP contribution in [0.4, 0.5) is 11.4 Å². The maximum absolute atomic E-state index is 5.93.